The van der Waals surface area contributed by atoms with E-state index in [4.69, 9.17) is 4.74 Å². The number of nitrogens with one attached hydrogen (secondary N) is 1. The van der Waals surface area contributed by atoms with E-state index >= 15 is 0 Å². The predicted octanol–water partition coefficient (Wildman–Crippen LogP) is 3.43. The van der Waals surface area contributed by atoms with Gasteiger partial charge < -0.3 is 10.1 Å². The Labute approximate surface area is 112 Å². The van der Waals surface area contributed by atoms with Crippen LogP contribution in [0, 0.1) is 18.8 Å². The van der Waals surface area contributed by atoms with Crippen molar-refractivity contribution in [2.24, 2.45) is 11.8 Å². The smallest absolute Gasteiger partial charge is 0.122 e. The average molecular weight is 249 g/mol. The molecule has 0 aromatic heterocycles. The van der Waals surface area contributed by atoms with Gasteiger partial charge in [-0.1, -0.05) is 38.5 Å². The molecule has 0 heterocycles. The lowest BCUT2D eigenvalue weighted by Gasteiger charge is -2.21. The van der Waals surface area contributed by atoms with E-state index in [9.17, 15) is 0 Å². The van der Waals surface area contributed by atoms with Crippen LogP contribution >= 0.6 is 0 Å². The molecule has 0 aliphatic heterocycles. The summed E-state index contributed by atoms with van der Waals surface area (Å²) in [6.07, 6.45) is 1.08. The van der Waals surface area contributed by atoms with Crippen LogP contribution in [-0.4, -0.2) is 20.2 Å². The van der Waals surface area contributed by atoms with Gasteiger partial charge in [-0.15, -0.1) is 0 Å². The van der Waals surface area contributed by atoms with Crippen molar-refractivity contribution in [2.45, 2.75) is 34.1 Å². The lowest BCUT2D eigenvalue weighted by Crippen LogP contribution is -2.26. The van der Waals surface area contributed by atoms with Gasteiger partial charge >= 0.3 is 0 Å². The Hall–Kier alpha value is -1.02. The molecule has 0 saturated carbocycles. The topological polar surface area (TPSA) is 21.3 Å². The highest BCUT2D eigenvalue weighted by molar-refractivity contribution is 5.37. The molecule has 18 heavy (non-hydrogen) atoms. The van der Waals surface area contributed by atoms with Crippen molar-refractivity contribution < 1.29 is 4.74 Å². The van der Waals surface area contributed by atoms with Crippen LogP contribution in [-0.2, 0) is 6.42 Å². The quantitative estimate of drug-likeness (QED) is 0.799. The number of aryl methyl sites for hydroxylation is 1. The Bertz CT molecular complexity index is 362. The highest BCUT2D eigenvalue weighted by Crippen LogP contribution is 2.25. The molecule has 1 rings (SSSR count). The van der Waals surface area contributed by atoms with Crippen molar-refractivity contribution in [2.75, 3.05) is 20.2 Å². The van der Waals surface area contributed by atoms with Crippen LogP contribution in [0.3, 0.4) is 0 Å². The molecule has 102 valence electrons. The van der Waals surface area contributed by atoms with Crippen LogP contribution in [0.15, 0.2) is 18.2 Å². The van der Waals surface area contributed by atoms with Gasteiger partial charge in [0.05, 0.1) is 7.11 Å². The van der Waals surface area contributed by atoms with Crippen molar-refractivity contribution in [3.05, 3.63) is 29.3 Å². The fourth-order valence-corrected chi connectivity index (χ4v) is 2.19. The van der Waals surface area contributed by atoms with Crippen LogP contribution < -0.4 is 10.1 Å². The lowest BCUT2D eigenvalue weighted by atomic mass is 9.89. The summed E-state index contributed by atoms with van der Waals surface area (Å²) in [6.45, 7) is 11.1. The highest BCUT2D eigenvalue weighted by atomic mass is 16.5. The second kappa shape index (κ2) is 7.42. The van der Waals surface area contributed by atoms with Gasteiger partial charge in [-0.2, -0.15) is 0 Å². The largest absolute Gasteiger partial charge is 0.496 e. The third kappa shape index (κ3) is 4.34. The maximum absolute atomic E-state index is 5.45. The number of rotatable bonds is 7. The van der Waals surface area contributed by atoms with E-state index in [0.717, 1.165) is 25.3 Å². The molecule has 0 fully saturated rings. The number of benzene rings is 1. The maximum Gasteiger partial charge on any atom is 0.122 e. The van der Waals surface area contributed by atoms with Crippen LogP contribution in [0.4, 0.5) is 0 Å². The van der Waals surface area contributed by atoms with Crippen LogP contribution in [0.2, 0.25) is 0 Å². The van der Waals surface area contributed by atoms with Crippen molar-refractivity contribution in [1.82, 2.24) is 5.32 Å². The standard InChI is InChI=1S/C16H27NO/c1-6-17-11-14(4)13(3)10-15-9-12(2)7-8-16(15)18-5/h7-9,13-14,17H,6,10-11H2,1-5H3. The average Bonchev–Trinajstić information content (AvgIpc) is 2.36. The predicted molar refractivity (Wildman–Crippen MR) is 78.3 cm³/mol. The lowest BCUT2D eigenvalue weighted by molar-refractivity contribution is 0.357. The van der Waals surface area contributed by atoms with Crippen LogP contribution in [0.1, 0.15) is 31.9 Å². The summed E-state index contributed by atoms with van der Waals surface area (Å²) in [5, 5.41) is 3.42. The van der Waals surface area contributed by atoms with Gasteiger partial charge in [-0.3, -0.25) is 0 Å². The van der Waals surface area contributed by atoms with E-state index in [2.05, 4.69) is 51.2 Å². The number of methoxy groups -OCH3 is 1. The SMILES string of the molecule is CCNCC(C)C(C)Cc1cc(C)ccc1OC. The molecule has 2 unspecified atom stereocenters. The van der Waals surface area contributed by atoms with Crippen molar-refractivity contribution in [1.29, 1.82) is 0 Å². The molecular weight excluding hydrogens is 222 g/mol. The van der Waals surface area contributed by atoms with E-state index in [1.165, 1.54) is 11.1 Å². The Kier molecular flexibility index (Phi) is 6.20. The fraction of sp³-hybridized carbons (Fsp3) is 0.625. The highest BCUT2D eigenvalue weighted by Gasteiger charge is 2.14. The van der Waals surface area contributed by atoms with Gasteiger partial charge in [-0.25, -0.2) is 0 Å². The first-order chi connectivity index (χ1) is 8.58. The van der Waals surface area contributed by atoms with E-state index in [1.54, 1.807) is 7.11 Å². The van der Waals surface area contributed by atoms with E-state index in [0.29, 0.717) is 11.8 Å². The minimum absolute atomic E-state index is 0.653. The molecule has 0 aliphatic rings. The molecule has 1 aromatic carbocycles. The summed E-state index contributed by atoms with van der Waals surface area (Å²) in [4.78, 5) is 0. The Morgan fingerprint density at radius 3 is 2.56 bits per heavy atom. The summed E-state index contributed by atoms with van der Waals surface area (Å²) >= 11 is 0. The zero-order valence-corrected chi connectivity index (χ0v) is 12.4. The van der Waals surface area contributed by atoms with Crippen LogP contribution in [0.25, 0.3) is 0 Å². The summed E-state index contributed by atoms with van der Waals surface area (Å²) in [5.74, 6) is 2.35. The Morgan fingerprint density at radius 2 is 1.94 bits per heavy atom. The minimum atomic E-state index is 0.653. The summed E-state index contributed by atoms with van der Waals surface area (Å²) < 4.78 is 5.45. The zero-order chi connectivity index (χ0) is 13.5. The minimum Gasteiger partial charge on any atom is -0.496 e. The summed E-state index contributed by atoms with van der Waals surface area (Å²) in [7, 11) is 1.75. The van der Waals surface area contributed by atoms with Crippen LogP contribution in [0.5, 0.6) is 5.75 Å². The van der Waals surface area contributed by atoms with Gasteiger partial charge in [0.15, 0.2) is 0 Å². The zero-order valence-electron chi connectivity index (χ0n) is 12.4. The molecule has 2 nitrogen and oxygen atoms in total. The molecular formula is C16H27NO. The normalized spacial score (nSPS) is 14.3. The molecule has 0 bridgehead atoms. The fourth-order valence-electron chi connectivity index (χ4n) is 2.19. The first-order valence-electron chi connectivity index (χ1n) is 6.92. The molecule has 2 heteroatoms. The molecule has 0 spiro atoms. The molecule has 0 saturated heterocycles. The number of hydrogen-bond donors (Lipinski definition) is 1. The summed E-state index contributed by atoms with van der Waals surface area (Å²) in [6, 6.07) is 6.43. The van der Waals surface area contributed by atoms with Crippen molar-refractivity contribution in [3.63, 3.8) is 0 Å². The van der Waals surface area contributed by atoms with E-state index in [1.807, 2.05) is 0 Å². The molecule has 0 amide bonds. The molecule has 0 aliphatic carbocycles. The van der Waals surface area contributed by atoms with Gasteiger partial charge in [0, 0.05) is 0 Å². The van der Waals surface area contributed by atoms with E-state index in [-0.39, 0.29) is 0 Å². The molecule has 0 radical (unpaired) electrons. The Morgan fingerprint density at radius 1 is 1.22 bits per heavy atom. The maximum atomic E-state index is 5.45. The molecule has 1 N–H and O–H groups in total. The van der Waals surface area contributed by atoms with Gasteiger partial charge in [-0.05, 0) is 49.9 Å². The monoisotopic (exact) mass is 249 g/mol. The second-order valence-corrected chi connectivity index (χ2v) is 5.28. The first-order valence-corrected chi connectivity index (χ1v) is 6.92. The first kappa shape index (κ1) is 15.0. The van der Waals surface area contributed by atoms with Crippen molar-refractivity contribution >= 4 is 0 Å². The van der Waals surface area contributed by atoms with Gasteiger partial charge in [0.25, 0.3) is 0 Å². The Balaban J connectivity index is 2.68. The third-order valence-corrected chi connectivity index (χ3v) is 3.67. The van der Waals surface area contributed by atoms with Gasteiger partial charge in [0.2, 0.25) is 0 Å². The van der Waals surface area contributed by atoms with Gasteiger partial charge in [0.1, 0.15) is 5.75 Å². The van der Waals surface area contributed by atoms with E-state index < -0.39 is 0 Å². The van der Waals surface area contributed by atoms with Crippen molar-refractivity contribution in [3.8, 4) is 5.75 Å². The third-order valence-electron chi connectivity index (χ3n) is 3.67. The number of ether oxygens (including phenoxy) is 1. The number of hydrogen-bond acceptors (Lipinski definition) is 2. The summed E-state index contributed by atoms with van der Waals surface area (Å²) in [5.41, 5.74) is 2.63. The second-order valence-electron chi connectivity index (χ2n) is 5.28. The molecule has 1 aromatic rings. The molecule has 2 atom stereocenters.